The summed E-state index contributed by atoms with van der Waals surface area (Å²) in [6.07, 6.45) is -4.37. The average molecular weight is 433 g/mol. The zero-order valence-corrected chi connectivity index (χ0v) is 17.7. The summed E-state index contributed by atoms with van der Waals surface area (Å²) >= 11 is 0. The maximum atomic E-state index is 11.7. The van der Waals surface area contributed by atoms with Gasteiger partial charge in [-0.25, -0.2) is 0 Å². The standard InChI is InChI=1S/C18H27NO11/c1-9(20)19-15(7-26-10(2)21)17(29-13(5)24)18(30-14(6)25)16(28-12(4)23)8-27-11(3)22/h15-18H,7-8H2,1-6H3,(H,19,20)/t15-,16+,17+,18+/m0/s1. The third kappa shape index (κ3) is 11.6. The first-order chi connectivity index (χ1) is 13.8. The Labute approximate surface area is 173 Å². The number of ether oxygens (including phenoxy) is 5. The van der Waals surface area contributed by atoms with Crippen LogP contribution in [0.1, 0.15) is 41.5 Å². The molecule has 1 N–H and O–H groups in total. The number of amides is 1. The van der Waals surface area contributed by atoms with Gasteiger partial charge < -0.3 is 29.0 Å². The molecule has 0 spiro atoms. The van der Waals surface area contributed by atoms with E-state index in [1.165, 1.54) is 0 Å². The van der Waals surface area contributed by atoms with Gasteiger partial charge in [-0.1, -0.05) is 0 Å². The molecule has 0 aliphatic carbocycles. The summed E-state index contributed by atoms with van der Waals surface area (Å²) < 4.78 is 25.3. The molecular formula is C18H27NO11. The summed E-state index contributed by atoms with van der Waals surface area (Å²) in [5.41, 5.74) is 0. The van der Waals surface area contributed by atoms with Gasteiger partial charge in [0.1, 0.15) is 19.3 Å². The number of hydrogen-bond acceptors (Lipinski definition) is 11. The molecule has 1 amide bonds. The van der Waals surface area contributed by atoms with Crippen molar-refractivity contribution in [2.24, 2.45) is 0 Å². The van der Waals surface area contributed by atoms with Crippen molar-refractivity contribution in [3.8, 4) is 0 Å². The topological polar surface area (TPSA) is 161 Å². The predicted molar refractivity (Wildman–Crippen MR) is 97.5 cm³/mol. The summed E-state index contributed by atoms with van der Waals surface area (Å²) in [4.78, 5) is 69.0. The quantitative estimate of drug-likeness (QED) is 0.327. The molecule has 0 aromatic heterocycles. The van der Waals surface area contributed by atoms with Crippen molar-refractivity contribution >= 4 is 35.8 Å². The second kappa shape index (κ2) is 13.1. The van der Waals surface area contributed by atoms with Gasteiger partial charge in [-0.3, -0.25) is 28.8 Å². The van der Waals surface area contributed by atoms with E-state index in [1.54, 1.807) is 0 Å². The molecule has 0 bridgehead atoms. The number of carbonyl (C=O) groups is 6. The average Bonchev–Trinajstić information content (AvgIpc) is 2.57. The molecule has 0 radical (unpaired) electrons. The lowest BCUT2D eigenvalue weighted by Crippen LogP contribution is -2.58. The molecule has 0 saturated carbocycles. The van der Waals surface area contributed by atoms with Crippen LogP contribution in [0.5, 0.6) is 0 Å². The zero-order chi connectivity index (χ0) is 23.4. The van der Waals surface area contributed by atoms with Gasteiger partial charge in [-0.15, -0.1) is 0 Å². The van der Waals surface area contributed by atoms with E-state index in [0.29, 0.717) is 0 Å². The predicted octanol–water partition coefficient (Wildman–Crippen LogP) is -0.588. The molecule has 170 valence electrons. The molecule has 0 aromatic rings. The molecule has 0 rings (SSSR count). The lowest BCUT2D eigenvalue weighted by atomic mass is 10.0. The smallest absolute Gasteiger partial charge is 0.303 e. The molecule has 0 aromatic carbocycles. The first-order valence-corrected chi connectivity index (χ1v) is 8.88. The number of nitrogens with one attached hydrogen (secondary N) is 1. The number of rotatable bonds is 11. The first kappa shape index (κ1) is 26.8. The fourth-order valence-electron chi connectivity index (χ4n) is 2.41. The van der Waals surface area contributed by atoms with Gasteiger partial charge in [-0.05, 0) is 0 Å². The normalized spacial score (nSPS) is 14.2. The molecule has 4 atom stereocenters. The third-order valence-corrected chi connectivity index (χ3v) is 3.31. The molecule has 0 saturated heterocycles. The van der Waals surface area contributed by atoms with Gasteiger partial charge in [0.05, 0.1) is 0 Å². The number of hydrogen-bond donors (Lipinski definition) is 1. The highest BCUT2D eigenvalue weighted by Crippen LogP contribution is 2.19. The highest BCUT2D eigenvalue weighted by atomic mass is 16.6. The Balaban J connectivity index is 6.19. The second-order valence-corrected chi connectivity index (χ2v) is 6.21. The van der Waals surface area contributed by atoms with Crippen molar-refractivity contribution in [2.45, 2.75) is 65.9 Å². The van der Waals surface area contributed by atoms with Gasteiger partial charge in [0.25, 0.3) is 0 Å². The maximum absolute atomic E-state index is 11.7. The first-order valence-electron chi connectivity index (χ1n) is 8.88. The van der Waals surface area contributed by atoms with Crippen LogP contribution in [0.15, 0.2) is 0 Å². The van der Waals surface area contributed by atoms with Crippen molar-refractivity contribution in [3.05, 3.63) is 0 Å². The number of esters is 5. The molecule has 0 fully saturated rings. The van der Waals surface area contributed by atoms with Crippen molar-refractivity contribution < 1.29 is 52.5 Å². The largest absolute Gasteiger partial charge is 0.464 e. The molecule has 0 aliphatic rings. The maximum Gasteiger partial charge on any atom is 0.303 e. The number of carbonyl (C=O) groups excluding carboxylic acids is 6. The highest BCUT2D eigenvalue weighted by molar-refractivity contribution is 5.74. The Morgan fingerprint density at radius 2 is 1.03 bits per heavy atom. The van der Waals surface area contributed by atoms with Crippen LogP contribution >= 0.6 is 0 Å². The van der Waals surface area contributed by atoms with Crippen molar-refractivity contribution in [1.82, 2.24) is 5.32 Å². The Hall–Kier alpha value is -3.18. The van der Waals surface area contributed by atoms with Crippen LogP contribution in [0.3, 0.4) is 0 Å². The molecule has 0 aliphatic heterocycles. The Morgan fingerprint density at radius 3 is 1.43 bits per heavy atom. The summed E-state index contributed by atoms with van der Waals surface area (Å²) in [5.74, 6) is -4.45. The van der Waals surface area contributed by atoms with Gasteiger partial charge in [0.2, 0.25) is 5.91 Å². The summed E-state index contributed by atoms with van der Waals surface area (Å²) in [5, 5.41) is 2.43. The van der Waals surface area contributed by atoms with Crippen LogP contribution < -0.4 is 5.32 Å². The van der Waals surface area contributed by atoms with Crippen molar-refractivity contribution in [3.63, 3.8) is 0 Å². The molecule has 12 nitrogen and oxygen atoms in total. The fourth-order valence-corrected chi connectivity index (χ4v) is 2.41. The van der Waals surface area contributed by atoms with E-state index >= 15 is 0 Å². The fraction of sp³-hybridized carbons (Fsp3) is 0.667. The minimum Gasteiger partial charge on any atom is -0.464 e. The van der Waals surface area contributed by atoms with E-state index in [1.807, 2.05) is 0 Å². The van der Waals surface area contributed by atoms with Crippen LogP contribution in [0.2, 0.25) is 0 Å². The van der Waals surface area contributed by atoms with Gasteiger partial charge in [0.15, 0.2) is 18.3 Å². The molecule has 0 unspecified atom stereocenters. The minimum atomic E-state index is -1.51. The molecule has 30 heavy (non-hydrogen) atoms. The molecule has 0 heterocycles. The van der Waals surface area contributed by atoms with E-state index in [9.17, 15) is 28.8 Å². The minimum absolute atomic E-state index is 0.453. The van der Waals surface area contributed by atoms with Crippen LogP contribution in [-0.4, -0.2) is 73.3 Å². The lowest BCUT2D eigenvalue weighted by molar-refractivity contribution is -0.193. The van der Waals surface area contributed by atoms with E-state index in [2.05, 4.69) is 5.32 Å². The van der Waals surface area contributed by atoms with Gasteiger partial charge in [-0.2, -0.15) is 0 Å². The Kier molecular flexibility index (Phi) is 11.7. The van der Waals surface area contributed by atoms with E-state index in [-0.39, 0.29) is 0 Å². The summed E-state index contributed by atoms with van der Waals surface area (Å²) in [6.45, 7) is 5.57. The molecule has 12 heteroatoms. The Morgan fingerprint density at radius 1 is 0.600 bits per heavy atom. The Bertz CT molecular complexity index is 605. The zero-order valence-electron chi connectivity index (χ0n) is 17.7. The summed E-state index contributed by atoms with van der Waals surface area (Å²) in [7, 11) is 0. The van der Waals surface area contributed by atoms with Gasteiger partial charge >= 0.3 is 29.8 Å². The second-order valence-electron chi connectivity index (χ2n) is 6.21. The summed E-state index contributed by atoms with van der Waals surface area (Å²) in [6, 6.07) is -1.19. The van der Waals surface area contributed by atoms with Crippen LogP contribution in [0.4, 0.5) is 0 Å². The van der Waals surface area contributed by atoms with Crippen molar-refractivity contribution in [1.29, 1.82) is 0 Å². The third-order valence-electron chi connectivity index (χ3n) is 3.31. The molecular weight excluding hydrogens is 406 g/mol. The van der Waals surface area contributed by atoms with Crippen molar-refractivity contribution in [2.75, 3.05) is 13.2 Å². The van der Waals surface area contributed by atoms with E-state index in [0.717, 1.165) is 41.5 Å². The highest BCUT2D eigenvalue weighted by Gasteiger charge is 2.43. The van der Waals surface area contributed by atoms with Crippen LogP contribution in [-0.2, 0) is 52.5 Å². The SMILES string of the molecule is CC(=O)N[C@@H](COC(C)=O)[C@@H](OC(C)=O)[C@H](OC(C)=O)[C@@H](COC(C)=O)OC(C)=O. The van der Waals surface area contributed by atoms with Crippen LogP contribution in [0, 0.1) is 0 Å². The van der Waals surface area contributed by atoms with E-state index < -0.39 is 73.3 Å². The monoisotopic (exact) mass is 433 g/mol. The van der Waals surface area contributed by atoms with Crippen LogP contribution in [0.25, 0.3) is 0 Å². The lowest BCUT2D eigenvalue weighted by Gasteiger charge is -2.35. The van der Waals surface area contributed by atoms with E-state index in [4.69, 9.17) is 23.7 Å². The van der Waals surface area contributed by atoms with Gasteiger partial charge in [0, 0.05) is 41.5 Å².